The molecule has 0 radical (unpaired) electrons. The van der Waals surface area contributed by atoms with Crippen LogP contribution in [0.25, 0.3) is 0 Å². The number of aromatic hydroxyl groups is 1. The third kappa shape index (κ3) is 3.35. The zero-order valence-electron chi connectivity index (χ0n) is 16.1. The Balaban J connectivity index is 1.65. The molecule has 4 rings (SSSR count). The molecule has 2 aromatic carbocycles. The van der Waals surface area contributed by atoms with Crippen molar-refractivity contribution < 1.29 is 18.7 Å². The van der Waals surface area contributed by atoms with E-state index in [1.165, 1.54) is 21.7 Å². The van der Waals surface area contributed by atoms with Crippen LogP contribution in [0.3, 0.4) is 0 Å². The lowest BCUT2D eigenvalue weighted by Crippen LogP contribution is -2.37. The van der Waals surface area contributed by atoms with E-state index in [9.17, 15) is 18.7 Å². The van der Waals surface area contributed by atoms with E-state index in [2.05, 4.69) is 17.2 Å². The van der Waals surface area contributed by atoms with Crippen LogP contribution in [0, 0.1) is 18.6 Å². The van der Waals surface area contributed by atoms with Crippen molar-refractivity contribution in [1.82, 2.24) is 15.0 Å². The Kier molecular flexibility index (Phi) is 4.77. The summed E-state index contributed by atoms with van der Waals surface area (Å²) in [5.74, 6) is -1.45. The number of nitrogens with zero attached hydrogens (tertiary/aromatic N) is 4. The number of carbonyl (C=O) groups is 1. The van der Waals surface area contributed by atoms with Gasteiger partial charge in [0.05, 0.1) is 17.9 Å². The first kappa shape index (κ1) is 19.0. The summed E-state index contributed by atoms with van der Waals surface area (Å²) in [6, 6.07) is 8.54. The van der Waals surface area contributed by atoms with Gasteiger partial charge in [-0.25, -0.2) is 13.5 Å². The van der Waals surface area contributed by atoms with Crippen LogP contribution in [0.4, 0.5) is 14.5 Å². The maximum absolute atomic E-state index is 14.0. The quantitative estimate of drug-likeness (QED) is 0.729. The van der Waals surface area contributed by atoms with Crippen molar-refractivity contribution in [2.75, 3.05) is 11.4 Å². The number of halogens is 2. The molecular weight excluding hydrogens is 378 g/mol. The molecule has 0 saturated heterocycles. The minimum absolute atomic E-state index is 0.0249. The number of anilines is 1. The Morgan fingerprint density at radius 2 is 2.07 bits per heavy atom. The van der Waals surface area contributed by atoms with Crippen molar-refractivity contribution in [3.8, 4) is 5.75 Å². The summed E-state index contributed by atoms with van der Waals surface area (Å²) in [5.41, 5.74) is 2.25. The van der Waals surface area contributed by atoms with Crippen LogP contribution in [0.1, 0.15) is 46.6 Å². The van der Waals surface area contributed by atoms with E-state index in [0.717, 1.165) is 18.1 Å². The molecule has 1 atom stereocenters. The molecule has 0 spiro atoms. The number of carbonyl (C=O) groups excluding carboxylic acids is 1. The van der Waals surface area contributed by atoms with E-state index in [-0.39, 0.29) is 35.4 Å². The Labute approximate surface area is 166 Å². The molecule has 0 unspecified atom stereocenters. The molecule has 1 N–H and O–H groups in total. The van der Waals surface area contributed by atoms with E-state index in [1.54, 1.807) is 19.1 Å². The third-order valence-electron chi connectivity index (χ3n) is 5.40. The normalized spacial score (nSPS) is 16.0. The highest BCUT2D eigenvalue weighted by atomic mass is 19.1. The van der Waals surface area contributed by atoms with Gasteiger partial charge in [0.15, 0.2) is 5.69 Å². The van der Waals surface area contributed by atoms with Gasteiger partial charge in [-0.2, -0.15) is 0 Å². The number of amides is 1. The highest BCUT2D eigenvalue weighted by molar-refractivity contribution is 6.07. The SMILES string of the molecule is Cc1c(C(=O)N2CC[C@H](C)c3cccc(O)c32)nnn1Cc1ccc(F)cc1F. The lowest BCUT2D eigenvalue weighted by atomic mass is 9.91. The van der Waals surface area contributed by atoms with Crippen molar-refractivity contribution in [1.29, 1.82) is 0 Å². The van der Waals surface area contributed by atoms with Crippen LogP contribution < -0.4 is 4.90 Å². The Bertz CT molecular complexity index is 1100. The van der Waals surface area contributed by atoms with Crippen LogP contribution in [-0.2, 0) is 6.54 Å². The van der Waals surface area contributed by atoms with Gasteiger partial charge in [0, 0.05) is 18.2 Å². The van der Waals surface area contributed by atoms with Gasteiger partial charge in [0.1, 0.15) is 17.4 Å². The fraction of sp³-hybridized carbons (Fsp3) is 0.286. The Morgan fingerprint density at radius 3 is 2.83 bits per heavy atom. The van der Waals surface area contributed by atoms with Gasteiger partial charge in [-0.1, -0.05) is 30.3 Å². The van der Waals surface area contributed by atoms with Crippen LogP contribution in [-0.4, -0.2) is 32.6 Å². The summed E-state index contributed by atoms with van der Waals surface area (Å²) in [6.45, 7) is 4.20. The standard InChI is InChI=1S/C21H20F2N4O2/c1-12-8-9-26(20-16(12)4-3-5-18(20)28)21(29)19-13(2)27(25-24-19)11-14-6-7-15(22)10-17(14)23/h3-7,10,12,28H,8-9,11H2,1-2H3/t12-/m0/s1. The summed E-state index contributed by atoms with van der Waals surface area (Å²) in [4.78, 5) is 14.7. The molecular formula is C21H20F2N4O2. The molecule has 2 heterocycles. The van der Waals surface area contributed by atoms with Crippen LogP contribution in [0.15, 0.2) is 36.4 Å². The number of phenols is 1. The minimum Gasteiger partial charge on any atom is -0.506 e. The van der Waals surface area contributed by atoms with E-state index >= 15 is 0 Å². The summed E-state index contributed by atoms with van der Waals surface area (Å²) >= 11 is 0. The minimum atomic E-state index is -0.684. The van der Waals surface area contributed by atoms with Crippen molar-refractivity contribution in [2.45, 2.75) is 32.7 Å². The smallest absolute Gasteiger partial charge is 0.280 e. The fourth-order valence-electron chi connectivity index (χ4n) is 3.68. The van der Waals surface area contributed by atoms with Gasteiger partial charge in [-0.3, -0.25) is 4.79 Å². The second kappa shape index (κ2) is 7.27. The maximum Gasteiger partial charge on any atom is 0.280 e. The van der Waals surface area contributed by atoms with Gasteiger partial charge in [0.25, 0.3) is 5.91 Å². The van der Waals surface area contributed by atoms with E-state index in [1.807, 2.05) is 6.07 Å². The highest BCUT2D eigenvalue weighted by Crippen LogP contribution is 2.41. The lowest BCUT2D eigenvalue weighted by molar-refractivity contribution is 0.0978. The van der Waals surface area contributed by atoms with Gasteiger partial charge in [-0.15, -0.1) is 5.10 Å². The molecule has 29 heavy (non-hydrogen) atoms. The zero-order chi connectivity index (χ0) is 20.7. The average Bonchev–Trinajstić information content (AvgIpc) is 3.05. The third-order valence-corrected chi connectivity index (χ3v) is 5.40. The molecule has 3 aromatic rings. The fourth-order valence-corrected chi connectivity index (χ4v) is 3.68. The number of phenolic OH excluding ortho intramolecular Hbond substituents is 1. The molecule has 6 nitrogen and oxygen atoms in total. The summed E-state index contributed by atoms with van der Waals surface area (Å²) in [6.07, 6.45) is 0.760. The predicted octanol–water partition coefficient (Wildman–Crippen LogP) is 3.77. The van der Waals surface area contributed by atoms with E-state index in [0.29, 0.717) is 17.9 Å². The van der Waals surface area contributed by atoms with Crippen molar-refractivity contribution in [3.05, 3.63) is 70.5 Å². The van der Waals surface area contributed by atoms with Crippen LogP contribution in [0.5, 0.6) is 5.75 Å². The summed E-state index contributed by atoms with van der Waals surface area (Å²) in [5, 5.41) is 18.3. The second-order valence-corrected chi connectivity index (χ2v) is 7.28. The summed E-state index contributed by atoms with van der Waals surface area (Å²) in [7, 11) is 0. The highest BCUT2D eigenvalue weighted by Gasteiger charge is 2.32. The molecule has 1 aliphatic heterocycles. The first-order valence-electron chi connectivity index (χ1n) is 9.34. The predicted molar refractivity (Wildman–Crippen MR) is 103 cm³/mol. The van der Waals surface area contributed by atoms with Crippen LogP contribution in [0.2, 0.25) is 0 Å². The zero-order valence-corrected chi connectivity index (χ0v) is 16.1. The lowest BCUT2D eigenvalue weighted by Gasteiger charge is -2.33. The van der Waals surface area contributed by atoms with Crippen LogP contribution >= 0.6 is 0 Å². The Hall–Kier alpha value is -3.29. The molecule has 0 saturated carbocycles. The molecule has 150 valence electrons. The summed E-state index contributed by atoms with van der Waals surface area (Å²) < 4.78 is 28.5. The van der Waals surface area contributed by atoms with Crippen molar-refractivity contribution in [2.24, 2.45) is 0 Å². The number of hydrogen-bond donors (Lipinski definition) is 1. The van der Waals surface area contributed by atoms with Gasteiger partial charge >= 0.3 is 0 Å². The van der Waals surface area contributed by atoms with E-state index in [4.69, 9.17) is 0 Å². The molecule has 1 aromatic heterocycles. The molecule has 1 amide bonds. The number of rotatable bonds is 3. The van der Waals surface area contributed by atoms with Crippen molar-refractivity contribution in [3.63, 3.8) is 0 Å². The largest absolute Gasteiger partial charge is 0.506 e. The average molecular weight is 398 g/mol. The number of para-hydroxylation sites is 1. The number of hydrogen-bond acceptors (Lipinski definition) is 4. The number of fused-ring (bicyclic) bond motifs is 1. The topological polar surface area (TPSA) is 71.2 Å². The molecule has 0 aliphatic carbocycles. The molecule has 8 heteroatoms. The molecule has 0 fully saturated rings. The Morgan fingerprint density at radius 1 is 1.28 bits per heavy atom. The van der Waals surface area contributed by atoms with Crippen molar-refractivity contribution >= 4 is 11.6 Å². The van der Waals surface area contributed by atoms with E-state index < -0.39 is 11.6 Å². The monoisotopic (exact) mass is 398 g/mol. The molecule has 0 bridgehead atoms. The maximum atomic E-state index is 14.0. The second-order valence-electron chi connectivity index (χ2n) is 7.28. The van der Waals surface area contributed by atoms with Gasteiger partial charge < -0.3 is 10.0 Å². The molecule has 1 aliphatic rings. The first-order chi connectivity index (χ1) is 13.9. The number of benzene rings is 2. The van der Waals surface area contributed by atoms with Gasteiger partial charge in [0.2, 0.25) is 0 Å². The van der Waals surface area contributed by atoms with Gasteiger partial charge in [-0.05, 0) is 37.0 Å². The first-order valence-corrected chi connectivity index (χ1v) is 9.34. The number of aromatic nitrogens is 3.